The summed E-state index contributed by atoms with van der Waals surface area (Å²) in [6.45, 7) is -1.00. The van der Waals surface area contributed by atoms with Crippen LogP contribution < -0.4 is 27.4 Å². The van der Waals surface area contributed by atoms with Crippen molar-refractivity contribution >= 4 is 41.5 Å². The standard InChI is InChI=1S/C16H25N5O11/c17-6(3-12(26)27)13(28)21-9(5-22)15(30)20-8(4-10(18)23)14(29)19-7(16(31)32)1-2-11(24)25/h6-9,22H,1-5,17H2,(H2,18,23)(H,19,29)(H,20,30)(H,21,28)(H,24,25)(H,26,27)(H,31,32). The van der Waals surface area contributed by atoms with E-state index in [9.17, 15) is 38.7 Å². The van der Waals surface area contributed by atoms with Crippen LogP contribution in [-0.4, -0.2) is 92.7 Å². The first-order valence-corrected chi connectivity index (χ1v) is 9.00. The van der Waals surface area contributed by atoms with E-state index in [0.29, 0.717) is 0 Å². The molecule has 0 heterocycles. The number of aliphatic carboxylic acids is 3. The Morgan fingerprint density at radius 2 is 1.22 bits per heavy atom. The van der Waals surface area contributed by atoms with Crippen LogP contribution in [0.1, 0.15) is 25.7 Å². The zero-order chi connectivity index (χ0) is 25.0. The van der Waals surface area contributed by atoms with Gasteiger partial charge >= 0.3 is 17.9 Å². The van der Waals surface area contributed by atoms with Crippen molar-refractivity contribution in [3.8, 4) is 0 Å². The summed E-state index contributed by atoms with van der Waals surface area (Å²) in [6, 6.07) is -6.64. The Labute approximate surface area is 180 Å². The maximum Gasteiger partial charge on any atom is 0.326 e. The van der Waals surface area contributed by atoms with Gasteiger partial charge in [0.05, 0.1) is 25.5 Å². The van der Waals surface area contributed by atoms with Crippen LogP contribution in [0.5, 0.6) is 0 Å². The monoisotopic (exact) mass is 463 g/mol. The summed E-state index contributed by atoms with van der Waals surface area (Å²) in [5.41, 5.74) is 10.4. The molecule has 11 N–H and O–H groups in total. The Hall–Kier alpha value is -3.79. The van der Waals surface area contributed by atoms with Crippen molar-refractivity contribution in [2.24, 2.45) is 11.5 Å². The lowest BCUT2D eigenvalue weighted by Gasteiger charge is -2.23. The third kappa shape index (κ3) is 10.8. The predicted molar refractivity (Wildman–Crippen MR) is 101 cm³/mol. The summed E-state index contributed by atoms with van der Waals surface area (Å²) in [7, 11) is 0. The normalized spacial score (nSPS) is 14.2. The Balaban J connectivity index is 5.30. The molecule has 16 nitrogen and oxygen atoms in total. The maximum absolute atomic E-state index is 12.4. The molecule has 4 amide bonds. The molecule has 0 aliphatic heterocycles. The number of aliphatic hydroxyl groups is 1. The summed E-state index contributed by atoms with van der Waals surface area (Å²) in [5.74, 6) is -8.85. The van der Waals surface area contributed by atoms with Crippen molar-refractivity contribution in [2.75, 3.05) is 6.61 Å². The van der Waals surface area contributed by atoms with Gasteiger partial charge in [-0.25, -0.2) is 4.79 Å². The molecule has 0 aromatic carbocycles. The van der Waals surface area contributed by atoms with Gasteiger partial charge in [0.1, 0.15) is 18.1 Å². The summed E-state index contributed by atoms with van der Waals surface area (Å²) < 4.78 is 0. The van der Waals surface area contributed by atoms with Gasteiger partial charge in [-0.2, -0.15) is 0 Å². The van der Waals surface area contributed by atoms with E-state index in [1.54, 1.807) is 0 Å². The number of nitrogens with two attached hydrogens (primary N) is 2. The fourth-order valence-corrected chi connectivity index (χ4v) is 2.23. The number of hydrogen-bond acceptors (Lipinski definition) is 9. The average molecular weight is 463 g/mol. The quantitative estimate of drug-likeness (QED) is 0.110. The molecule has 32 heavy (non-hydrogen) atoms. The Morgan fingerprint density at radius 3 is 1.66 bits per heavy atom. The van der Waals surface area contributed by atoms with E-state index in [2.05, 4.69) is 0 Å². The number of rotatable bonds is 15. The first-order chi connectivity index (χ1) is 14.8. The molecule has 0 aromatic heterocycles. The van der Waals surface area contributed by atoms with Gasteiger partial charge < -0.3 is 47.8 Å². The van der Waals surface area contributed by atoms with Crippen LogP contribution >= 0.6 is 0 Å². The molecule has 0 bridgehead atoms. The summed E-state index contributed by atoms with van der Waals surface area (Å²) in [6.07, 6.45) is -2.66. The molecule has 16 heteroatoms. The highest BCUT2D eigenvalue weighted by atomic mass is 16.4. The van der Waals surface area contributed by atoms with E-state index >= 15 is 0 Å². The van der Waals surface area contributed by atoms with E-state index in [1.165, 1.54) is 0 Å². The van der Waals surface area contributed by atoms with E-state index in [4.69, 9.17) is 26.8 Å². The molecule has 0 fully saturated rings. The van der Waals surface area contributed by atoms with Gasteiger partial charge in [-0.05, 0) is 6.42 Å². The molecule has 0 aromatic rings. The molecule has 0 rings (SSSR count). The second-order valence-corrected chi connectivity index (χ2v) is 6.51. The molecule has 4 unspecified atom stereocenters. The second kappa shape index (κ2) is 13.5. The smallest absolute Gasteiger partial charge is 0.326 e. The van der Waals surface area contributed by atoms with Crippen LogP contribution in [0.3, 0.4) is 0 Å². The van der Waals surface area contributed by atoms with E-state index in [0.717, 1.165) is 0 Å². The first kappa shape index (κ1) is 28.2. The number of carboxylic acid groups (broad SMARTS) is 3. The second-order valence-electron chi connectivity index (χ2n) is 6.51. The zero-order valence-corrected chi connectivity index (χ0v) is 16.6. The van der Waals surface area contributed by atoms with Gasteiger partial charge in [0.25, 0.3) is 0 Å². The highest BCUT2D eigenvalue weighted by molar-refractivity contribution is 5.96. The van der Waals surface area contributed by atoms with Gasteiger partial charge in [0.15, 0.2) is 0 Å². The SMILES string of the molecule is NC(=O)CC(NC(=O)C(CO)NC(=O)C(N)CC(=O)O)C(=O)NC(CCC(=O)O)C(=O)O. The minimum Gasteiger partial charge on any atom is -0.481 e. The summed E-state index contributed by atoms with van der Waals surface area (Å²) >= 11 is 0. The van der Waals surface area contributed by atoms with Crippen molar-refractivity contribution in [3.63, 3.8) is 0 Å². The lowest BCUT2D eigenvalue weighted by molar-refractivity contribution is -0.143. The van der Waals surface area contributed by atoms with Gasteiger partial charge in [0.2, 0.25) is 23.6 Å². The molecule has 0 aliphatic carbocycles. The molecule has 0 saturated heterocycles. The lowest BCUT2D eigenvalue weighted by Crippen LogP contribution is -2.58. The minimum absolute atomic E-state index is 0.496. The van der Waals surface area contributed by atoms with Crippen LogP contribution in [0.4, 0.5) is 0 Å². The van der Waals surface area contributed by atoms with Crippen LogP contribution in [0.15, 0.2) is 0 Å². The first-order valence-electron chi connectivity index (χ1n) is 9.00. The largest absolute Gasteiger partial charge is 0.481 e. The third-order valence-corrected chi connectivity index (χ3v) is 3.85. The topological polar surface area (TPSA) is 289 Å². The third-order valence-electron chi connectivity index (χ3n) is 3.85. The van der Waals surface area contributed by atoms with E-state index in [1.807, 2.05) is 16.0 Å². The van der Waals surface area contributed by atoms with Crippen LogP contribution in [0.25, 0.3) is 0 Å². The Bertz CT molecular complexity index is 757. The summed E-state index contributed by atoms with van der Waals surface area (Å²) in [4.78, 5) is 80.2. The highest BCUT2D eigenvalue weighted by Crippen LogP contribution is 2.02. The van der Waals surface area contributed by atoms with Gasteiger partial charge in [0, 0.05) is 6.42 Å². The fourth-order valence-electron chi connectivity index (χ4n) is 2.23. The molecule has 0 spiro atoms. The van der Waals surface area contributed by atoms with E-state index < -0.39 is 98.0 Å². The fraction of sp³-hybridized carbons (Fsp3) is 0.562. The molecule has 180 valence electrons. The number of carbonyl (C=O) groups excluding carboxylic acids is 4. The van der Waals surface area contributed by atoms with Crippen molar-refractivity contribution < 1.29 is 54.0 Å². The number of carbonyl (C=O) groups is 7. The van der Waals surface area contributed by atoms with Crippen molar-refractivity contribution in [2.45, 2.75) is 49.9 Å². The molecule has 0 saturated carbocycles. The van der Waals surface area contributed by atoms with Crippen LogP contribution in [0, 0.1) is 0 Å². The maximum atomic E-state index is 12.4. The number of hydrogen-bond donors (Lipinski definition) is 9. The van der Waals surface area contributed by atoms with Gasteiger partial charge in [-0.3, -0.25) is 28.8 Å². The Morgan fingerprint density at radius 1 is 0.719 bits per heavy atom. The van der Waals surface area contributed by atoms with Gasteiger partial charge in [-0.15, -0.1) is 0 Å². The average Bonchev–Trinajstić information content (AvgIpc) is 2.66. The number of aliphatic hydroxyl groups excluding tert-OH is 1. The number of nitrogens with one attached hydrogen (secondary N) is 3. The van der Waals surface area contributed by atoms with Crippen molar-refractivity contribution in [3.05, 3.63) is 0 Å². The minimum atomic E-state index is -1.73. The Kier molecular flexibility index (Phi) is 11.9. The number of primary amides is 1. The van der Waals surface area contributed by atoms with E-state index in [-0.39, 0.29) is 0 Å². The molecule has 0 aliphatic rings. The predicted octanol–water partition coefficient (Wildman–Crippen LogP) is -4.94. The van der Waals surface area contributed by atoms with Gasteiger partial charge in [-0.1, -0.05) is 0 Å². The number of amides is 4. The highest BCUT2D eigenvalue weighted by Gasteiger charge is 2.31. The lowest BCUT2D eigenvalue weighted by atomic mass is 10.1. The van der Waals surface area contributed by atoms with Crippen LogP contribution in [-0.2, 0) is 33.6 Å². The van der Waals surface area contributed by atoms with Crippen molar-refractivity contribution in [1.29, 1.82) is 0 Å². The van der Waals surface area contributed by atoms with Crippen molar-refractivity contribution in [1.82, 2.24) is 16.0 Å². The molecular weight excluding hydrogens is 438 g/mol. The summed E-state index contributed by atoms with van der Waals surface area (Å²) in [5, 5.41) is 41.6. The molecule has 0 radical (unpaired) electrons. The number of carboxylic acids is 3. The molecule has 4 atom stereocenters. The zero-order valence-electron chi connectivity index (χ0n) is 16.6. The van der Waals surface area contributed by atoms with Crippen LogP contribution in [0.2, 0.25) is 0 Å². The molecular formula is C16H25N5O11.